The fourth-order valence-corrected chi connectivity index (χ4v) is 2.38. The Hall–Kier alpha value is -1.11. The number of nitrogens with two attached hydrogens (primary N) is 2. The van der Waals surface area contributed by atoms with E-state index >= 15 is 0 Å². The molecule has 0 aliphatic heterocycles. The average Bonchev–Trinajstić information content (AvgIpc) is 2.25. The molecule has 0 saturated carbocycles. The molecule has 0 aromatic heterocycles. The van der Waals surface area contributed by atoms with Gasteiger partial charge in [-0.05, 0) is 30.4 Å². The van der Waals surface area contributed by atoms with Crippen LogP contribution in [0.15, 0.2) is 58.4 Å². The first-order valence-corrected chi connectivity index (χ1v) is 5.90. The normalized spacial score (nSPS) is 21.1. The zero-order valence-corrected chi connectivity index (χ0v) is 9.89. The lowest BCUT2D eigenvalue weighted by atomic mass is 9.96. The topological polar surface area (TPSA) is 92.5 Å². The first kappa shape index (κ1) is 12.3. The minimum Gasteiger partial charge on any atom is -0.360 e. The van der Waals surface area contributed by atoms with Crippen LogP contribution >= 0.6 is 11.8 Å². The number of aliphatic hydroxyl groups is 2. The van der Waals surface area contributed by atoms with Crippen LogP contribution < -0.4 is 11.5 Å². The molecular weight excluding hydrogens is 236 g/mol. The van der Waals surface area contributed by atoms with Crippen LogP contribution in [0.2, 0.25) is 0 Å². The molecule has 1 aromatic carbocycles. The molecule has 0 bridgehead atoms. The summed E-state index contributed by atoms with van der Waals surface area (Å²) in [6.45, 7) is 0. The van der Waals surface area contributed by atoms with Crippen LogP contribution in [0.5, 0.6) is 0 Å². The van der Waals surface area contributed by atoms with Gasteiger partial charge >= 0.3 is 0 Å². The minimum atomic E-state index is -2.21. The third-order valence-electron chi connectivity index (χ3n) is 2.48. The Labute approximate surface area is 104 Å². The largest absolute Gasteiger partial charge is 0.360 e. The first-order chi connectivity index (χ1) is 7.91. The maximum absolute atomic E-state index is 9.55. The molecule has 1 aliphatic carbocycles. The van der Waals surface area contributed by atoms with E-state index in [0.29, 0.717) is 0 Å². The van der Waals surface area contributed by atoms with E-state index in [1.807, 2.05) is 30.3 Å². The molecule has 0 heterocycles. The Morgan fingerprint density at radius 1 is 1.06 bits per heavy atom. The average molecular weight is 250 g/mol. The lowest BCUT2D eigenvalue weighted by Crippen LogP contribution is -2.65. The Morgan fingerprint density at radius 2 is 1.71 bits per heavy atom. The van der Waals surface area contributed by atoms with Gasteiger partial charge in [-0.3, -0.25) is 0 Å². The van der Waals surface area contributed by atoms with Gasteiger partial charge in [0.15, 0.2) is 0 Å². The lowest BCUT2D eigenvalue weighted by molar-refractivity contribution is -0.156. The number of hydrogen-bond acceptors (Lipinski definition) is 5. The van der Waals surface area contributed by atoms with E-state index in [9.17, 15) is 10.2 Å². The van der Waals surface area contributed by atoms with Gasteiger partial charge < -0.3 is 21.7 Å². The molecule has 1 aromatic rings. The molecule has 2 rings (SSSR count). The molecule has 0 atom stereocenters. The Morgan fingerprint density at radius 3 is 2.29 bits per heavy atom. The first-order valence-electron chi connectivity index (χ1n) is 5.08. The van der Waals surface area contributed by atoms with Crippen molar-refractivity contribution >= 4 is 11.8 Å². The SMILES string of the molecule is NC1(N)C=C(Sc2ccccc2)C=CC1(O)O. The second kappa shape index (κ2) is 4.29. The third-order valence-corrected chi connectivity index (χ3v) is 3.47. The maximum atomic E-state index is 9.55. The predicted molar refractivity (Wildman–Crippen MR) is 67.8 cm³/mol. The molecule has 17 heavy (non-hydrogen) atoms. The summed E-state index contributed by atoms with van der Waals surface area (Å²) >= 11 is 1.46. The molecular formula is C12H14N2O2S. The molecule has 90 valence electrons. The van der Waals surface area contributed by atoms with E-state index in [1.54, 1.807) is 6.08 Å². The van der Waals surface area contributed by atoms with Gasteiger partial charge in [0.05, 0.1) is 0 Å². The summed E-state index contributed by atoms with van der Waals surface area (Å²) in [6.07, 6.45) is 4.23. The molecule has 0 amide bonds. The summed E-state index contributed by atoms with van der Waals surface area (Å²) in [5.74, 6) is -2.21. The van der Waals surface area contributed by atoms with Crippen LogP contribution in [0.1, 0.15) is 0 Å². The molecule has 6 N–H and O–H groups in total. The molecule has 0 saturated heterocycles. The second-order valence-corrected chi connectivity index (χ2v) is 5.10. The zero-order chi connectivity index (χ0) is 12.5. The van der Waals surface area contributed by atoms with Gasteiger partial charge in [-0.25, -0.2) is 0 Å². The van der Waals surface area contributed by atoms with E-state index in [0.717, 1.165) is 9.80 Å². The number of rotatable bonds is 2. The molecule has 4 nitrogen and oxygen atoms in total. The van der Waals surface area contributed by atoms with E-state index in [-0.39, 0.29) is 0 Å². The summed E-state index contributed by atoms with van der Waals surface area (Å²) < 4.78 is 0. The predicted octanol–water partition coefficient (Wildman–Crippen LogP) is 0.527. The van der Waals surface area contributed by atoms with Crippen LogP contribution in [0.4, 0.5) is 0 Å². The fourth-order valence-electron chi connectivity index (χ4n) is 1.42. The Bertz CT molecular complexity index is 467. The number of allylic oxidation sites excluding steroid dienone is 1. The maximum Gasteiger partial charge on any atom is 0.219 e. The number of benzene rings is 1. The molecule has 5 heteroatoms. The van der Waals surface area contributed by atoms with Crippen molar-refractivity contribution in [2.75, 3.05) is 0 Å². The highest BCUT2D eigenvalue weighted by atomic mass is 32.2. The van der Waals surface area contributed by atoms with Crippen molar-refractivity contribution in [3.05, 3.63) is 53.5 Å². The van der Waals surface area contributed by atoms with E-state index in [1.165, 1.54) is 23.9 Å². The summed E-state index contributed by atoms with van der Waals surface area (Å²) in [6, 6.07) is 9.69. The van der Waals surface area contributed by atoms with Crippen LogP contribution in [-0.4, -0.2) is 21.7 Å². The van der Waals surface area contributed by atoms with Crippen molar-refractivity contribution in [2.24, 2.45) is 11.5 Å². The van der Waals surface area contributed by atoms with Gasteiger partial charge in [-0.2, -0.15) is 0 Å². The molecule has 0 fully saturated rings. The smallest absolute Gasteiger partial charge is 0.219 e. The van der Waals surface area contributed by atoms with Crippen molar-refractivity contribution in [3.8, 4) is 0 Å². The number of thioether (sulfide) groups is 1. The Kier molecular flexibility index (Phi) is 3.11. The van der Waals surface area contributed by atoms with Crippen molar-refractivity contribution < 1.29 is 10.2 Å². The van der Waals surface area contributed by atoms with Crippen molar-refractivity contribution in [1.82, 2.24) is 0 Å². The van der Waals surface area contributed by atoms with Gasteiger partial charge in [-0.15, -0.1) is 0 Å². The van der Waals surface area contributed by atoms with Crippen molar-refractivity contribution in [1.29, 1.82) is 0 Å². The van der Waals surface area contributed by atoms with Crippen LogP contribution in [0.3, 0.4) is 0 Å². The molecule has 0 spiro atoms. The minimum absolute atomic E-state index is 0.778. The van der Waals surface area contributed by atoms with Crippen molar-refractivity contribution in [3.63, 3.8) is 0 Å². The quantitative estimate of drug-likeness (QED) is 0.575. The highest BCUT2D eigenvalue weighted by molar-refractivity contribution is 8.03. The van der Waals surface area contributed by atoms with Crippen LogP contribution in [0.25, 0.3) is 0 Å². The summed E-state index contributed by atoms with van der Waals surface area (Å²) in [5.41, 5.74) is 9.59. The standard InChI is InChI=1S/C12H14N2O2S/c13-11(14)8-10(6-7-12(11,15)16)17-9-4-2-1-3-5-9/h1-8,15-16H,13-14H2. The Balaban J connectivity index is 2.20. The highest BCUT2D eigenvalue weighted by Gasteiger charge is 2.42. The van der Waals surface area contributed by atoms with Gasteiger partial charge in [0, 0.05) is 9.80 Å². The lowest BCUT2D eigenvalue weighted by Gasteiger charge is -2.35. The van der Waals surface area contributed by atoms with Gasteiger partial charge in [0.25, 0.3) is 0 Å². The summed E-state index contributed by atoms with van der Waals surface area (Å²) in [7, 11) is 0. The van der Waals surface area contributed by atoms with E-state index in [4.69, 9.17) is 11.5 Å². The van der Waals surface area contributed by atoms with E-state index in [2.05, 4.69) is 0 Å². The van der Waals surface area contributed by atoms with Crippen LogP contribution in [-0.2, 0) is 0 Å². The van der Waals surface area contributed by atoms with E-state index < -0.39 is 11.4 Å². The zero-order valence-electron chi connectivity index (χ0n) is 9.08. The molecule has 0 unspecified atom stereocenters. The molecule has 1 aliphatic rings. The second-order valence-electron chi connectivity index (χ2n) is 3.95. The third kappa shape index (κ3) is 2.59. The van der Waals surface area contributed by atoms with Gasteiger partial charge in [0.2, 0.25) is 5.79 Å². The summed E-state index contributed by atoms with van der Waals surface area (Å²) in [4.78, 5) is 1.81. The number of hydrogen-bond donors (Lipinski definition) is 4. The van der Waals surface area contributed by atoms with Gasteiger partial charge in [-0.1, -0.05) is 30.0 Å². The van der Waals surface area contributed by atoms with Crippen molar-refractivity contribution in [2.45, 2.75) is 16.3 Å². The van der Waals surface area contributed by atoms with Gasteiger partial charge in [0.1, 0.15) is 5.66 Å². The van der Waals surface area contributed by atoms with Crippen LogP contribution in [0, 0.1) is 0 Å². The highest BCUT2D eigenvalue weighted by Crippen LogP contribution is 2.33. The summed E-state index contributed by atoms with van der Waals surface area (Å²) in [5, 5.41) is 19.1. The molecule has 0 radical (unpaired) electrons. The monoisotopic (exact) mass is 250 g/mol. The fraction of sp³-hybridized carbons (Fsp3) is 0.167.